The Kier molecular flexibility index (Phi) is 4.99. The molecule has 0 unspecified atom stereocenters. The normalized spacial score (nSPS) is 12.4. The number of hydrogen-bond acceptors (Lipinski definition) is 5. The van der Waals surface area contributed by atoms with E-state index in [4.69, 9.17) is 0 Å². The number of aromatic nitrogens is 1. The third-order valence-electron chi connectivity index (χ3n) is 3.37. The zero-order valence-electron chi connectivity index (χ0n) is 13.2. The van der Waals surface area contributed by atoms with E-state index in [1.165, 1.54) is 17.4 Å². The van der Waals surface area contributed by atoms with E-state index in [0.29, 0.717) is 5.13 Å². The van der Waals surface area contributed by atoms with Crippen LogP contribution in [0.3, 0.4) is 0 Å². The van der Waals surface area contributed by atoms with Gasteiger partial charge in [-0.3, -0.25) is 4.79 Å². The molecule has 0 saturated heterocycles. The monoisotopic (exact) mass is 360 g/mol. The summed E-state index contributed by atoms with van der Waals surface area (Å²) in [6.07, 6.45) is 1.12. The van der Waals surface area contributed by atoms with Crippen molar-refractivity contribution in [3.8, 4) is 0 Å². The van der Waals surface area contributed by atoms with Gasteiger partial charge in [0.05, 0.1) is 16.4 Å². The highest BCUT2D eigenvalue weighted by Crippen LogP contribution is 2.25. The highest BCUT2D eigenvalue weighted by atomic mass is 32.1. The quantitative estimate of drug-likeness (QED) is 0.540. The van der Waals surface area contributed by atoms with E-state index in [-0.39, 0.29) is 5.56 Å². The van der Waals surface area contributed by atoms with Crippen molar-refractivity contribution in [2.24, 2.45) is 5.10 Å². The minimum atomic E-state index is -0.751. The maximum atomic E-state index is 13.5. The number of amides is 1. The Balaban J connectivity index is 1.59. The second-order valence-electron chi connectivity index (χ2n) is 5.25. The summed E-state index contributed by atoms with van der Waals surface area (Å²) in [4.78, 5) is 16.4. The van der Waals surface area contributed by atoms with Gasteiger partial charge in [0.25, 0.3) is 5.91 Å². The van der Waals surface area contributed by atoms with Crippen LogP contribution in [0, 0.1) is 11.6 Å². The van der Waals surface area contributed by atoms with Crippen LogP contribution in [0.25, 0.3) is 10.2 Å². The lowest BCUT2D eigenvalue weighted by Gasteiger charge is -2.10. The molecule has 0 radical (unpaired) electrons. The van der Waals surface area contributed by atoms with Gasteiger partial charge < -0.3 is 5.32 Å². The van der Waals surface area contributed by atoms with Gasteiger partial charge in [0.1, 0.15) is 17.7 Å². The van der Waals surface area contributed by atoms with Crippen molar-refractivity contribution < 1.29 is 13.6 Å². The standard InChI is InChI=1S/C17H14F2N4OS/c1-10(21-17-22-14-4-2-3-5-15(14)25-17)16(24)23-20-9-11-6-7-12(18)8-13(11)19/h2-10H,1H3,(H,21,22)(H,23,24)/b20-9-/t10-/m1/s1. The van der Waals surface area contributed by atoms with Crippen molar-refractivity contribution in [2.75, 3.05) is 5.32 Å². The molecule has 1 aromatic heterocycles. The van der Waals surface area contributed by atoms with Gasteiger partial charge in [-0.2, -0.15) is 5.10 Å². The number of nitrogens with zero attached hydrogens (tertiary/aromatic N) is 2. The van der Waals surface area contributed by atoms with E-state index in [1.54, 1.807) is 6.92 Å². The van der Waals surface area contributed by atoms with Crippen LogP contribution < -0.4 is 10.7 Å². The first-order valence-electron chi connectivity index (χ1n) is 7.43. The molecule has 0 fully saturated rings. The van der Waals surface area contributed by atoms with Crippen molar-refractivity contribution in [3.63, 3.8) is 0 Å². The molecular formula is C17H14F2N4OS. The van der Waals surface area contributed by atoms with Crippen molar-refractivity contribution >= 4 is 38.8 Å². The molecule has 0 aliphatic heterocycles. The van der Waals surface area contributed by atoms with Gasteiger partial charge in [0.15, 0.2) is 5.13 Å². The van der Waals surface area contributed by atoms with Gasteiger partial charge in [-0.25, -0.2) is 19.2 Å². The van der Waals surface area contributed by atoms with E-state index in [2.05, 4.69) is 20.8 Å². The average Bonchev–Trinajstić information content (AvgIpc) is 2.98. The lowest BCUT2D eigenvalue weighted by molar-refractivity contribution is -0.121. The van der Waals surface area contributed by atoms with Crippen LogP contribution in [0.5, 0.6) is 0 Å². The Bertz CT molecular complexity index is 908. The van der Waals surface area contributed by atoms with E-state index >= 15 is 0 Å². The summed E-state index contributed by atoms with van der Waals surface area (Å²) in [5, 5.41) is 7.31. The number of benzene rings is 2. The van der Waals surface area contributed by atoms with Gasteiger partial charge in [0.2, 0.25) is 0 Å². The fourth-order valence-electron chi connectivity index (χ4n) is 2.05. The third kappa shape index (κ3) is 4.16. The number of thiazole rings is 1. The summed E-state index contributed by atoms with van der Waals surface area (Å²) >= 11 is 1.44. The summed E-state index contributed by atoms with van der Waals surface area (Å²) in [5.74, 6) is -1.83. The molecule has 5 nitrogen and oxygen atoms in total. The number of carbonyl (C=O) groups is 1. The summed E-state index contributed by atoms with van der Waals surface area (Å²) in [6, 6.07) is 10.2. The first-order chi connectivity index (χ1) is 12.0. The van der Waals surface area contributed by atoms with Gasteiger partial charge >= 0.3 is 0 Å². The van der Waals surface area contributed by atoms with Gasteiger partial charge in [-0.15, -0.1) is 0 Å². The van der Waals surface area contributed by atoms with E-state index < -0.39 is 23.6 Å². The maximum absolute atomic E-state index is 13.5. The Morgan fingerprint density at radius 1 is 1.28 bits per heavy atom. The van der Waals surface area contributed by atoms with Crippen LogP contribution in [-0.4, -0.2) is 23.1 Å². The van der Waals surface area contributed by atoms with Crippen molar-refractivity contribution in [1.82, 2.24) is 10.4 Å². The van der Waals surface area contributed by atoms with Gasteiger partial charge in [0, 0.05) is 11.6 Å². The topological polar surface area (TPSA) is 66.4 Å². The van der Waals surface area contributed by atoms with Crippen LogP contribution in [0.2, 0.25) is 0 Å². The Morgan fingerprint density at radius 3 is 2.84 bits per heavy atom. The molecule has 0 aliphatic rings. The molecule has 3 aromatic rings. The van der Waals surface area contributed by atoms with E-state index in [1.807, 2.05) is 24.3 Å². The average molecular weight is 360 g/mol. The van der Waals surface area contributed by atoms with Gasteiger partial charge in [-0.05, 0) is 31.2 Å². The molecule has 2 N–H and O–H groups in total. The highest BCUT2D eigenvalue weighted by molar-refractivity contribution is 7.22. The number of hydrazone groups is 1. The predicted molar refractivity (Wildman–Crippen MR) is 94.8 cm³/mol. The fourth-order valence-corrected chi connectivity index (χ4v) is 3.01. The summed E-state index contributed by atoms with van der Waals surface area (Å²) in [5.41, 5.74) is 3.24. The number of rotatable bonds is 5. The van der Waals surface area contributed by atoms with Crippen LogP contribution in [0.15, 0.2) is 47.6 Å². The number of fused-ring (bicyclic) bond motifs is 1. The van der Waals surface area contributed by atoms with Crippen molar-refractivity contribution in [1.29, 1.82) is 0 Å². The Labute approximate surface area is 146 Å². The number of carbonyl (C=O) groups excluding carboxylic acids is 1. The Hall–Kier alpha value is -2.87. The number of anilines is 1. The van der Waals surface area contributed by atoms with Crippen LogP contribution in [0.4, 0.5) is 13.9 Å². The number of nitrogens with one attached hydrogen (secondary N) is 2. The molecule has 1 heterocycles. The minimum absolute atomic E-state index is 0.0773. The largest absolute Gasteiger partial charge is 0.350 e. The SMILES string of the molecule is C[C@@H](Nc1nc2ccccc2s1)C(=O)N/N=C\c1ccc(F)cc1F. The van der Waals surface area contributed by atoms with Crippen LogP contribution >= 0.6 is 11.3 Å². The van der Waals surface area contributed by atoms with Crippen molar-refractivity contribution in [3.05, 3.63) is 59.7 Å². The molecule has 0 spiro atoms. The first-order valence-corrected chi connectivity index (χ1v) is 8.24. The van der Waals surface area contributed by atoms with E-state index in [0.717, 1.165) is 28.6 Å². The highest BCUT2D eigenvalue weighted by Gasteiger charge is 2.14. The fraction of sp³-hybridized carbons (Fsp3) is 0.118. The zero-order valence-corrected chi connectivity index (χ0v) is 14.0. The molecule has 8 heteroatoms. The second kappa shape index (κ2) is 7.35. The molecule has 0 bridgehead atoms. The van der Waals surface area contributed by atoms with Crippen molar-refractivity contribution in [2.45, 2.75) is 13.0 Å². The number of para-hydroxylation sites is 1. The number of halogens is 2. The summed E-state index contributed by atoms with van der Waals surface area (Å²) in [7, 11) is 0. The maximum Gasteiger partial charge on any atom is 0.262 e. The van der Waals surface area contributed by atoms with Crippen LogP contribution in [0.1, 0.15) is 12.5 Å². The molecule has 0 saturated carbocycles. The lowest BCUT2D eigenvalue weighted by Crippen LogP contribution is -2.34. The molecule has 1 amide bonds. The molecular weight excluding hydrogens is 346 g/mol. The third-order valence-corrected chi connectivity index (χ3v) is 4.34. The second-order valence-corrected chi connectivity index (χ2v) is 6.28. The minimum Gasteiger partial charge on any atom is -0.350 e. The Morgan fingerprint density at radius 2 is 2.08 bits per heavy atom. The number of hydrogen-bond donors (Lipinski definition) is 2. The predicted octanol–water partition coefficient (Wildman–Crippen LogP) is 3.53. The molecule has 128 valence electrons. The lowest BCUT2D eigenvalue weighted by atomic mass is 10.2. The van der Waals surface area contributed by atoms with E-state index in [9.17, 15) is 13.6 Å². The first kappa shape index (κ1) is 17.0. The molecule has 25 heavy (non-hydrogen) atoms. The molecule has 3 rings (SSSR count). The van der Waals surface area contributed by atoms with Gasteiger partial charge in [-0.1, -0.05) is 23.5 Å². The smallest absolute Gasteiger partial charge is 0.262 e. The summed E-state index contributed by atoms with van der Waals surface area (Å²) < 4.78 is 27.3. The molecule has 0 aliphatic carbocycles. The zero-order chi connectivity index (χ0) is 17.8. The molecule has 2 aromatic carbocycles. The summed E-state index contributed by atoms with van der Waals surface area (Å²) in [6.45, 7) is 1.66. The molecule has 1 atom stereocenters. The van der Waals surface area contributed by atoms with Crippen LogP contribution in [-0.2, 0) is 4.79 Å².